The Bertz CT molecular complexity index is 716. The van der Waals surface area contributed by atoms with Crippen molar-refractivity contribution in [3.63, 3.8) is 0 Å². The second-order valence-electron chi connectivity index (χ2n) is 10.2. The van der Waals surface area contributed by atoms with E-state index in [2.05, 4.69) is 35.6 Å². The maximum Gasteiger partial charge on any atom is 0.225 e. The van der Waals surface area contributed by atoms with E-state index in [1.165, 1.54) is 19.3 Å². The first-order valence-electron chi connectivity index (χ1n) is 11.9. The first-order valence-corrected chi connectivity index (χ1v) is 11.9. The van der Waals surface area contributed by atoms with Gasteiger partial charge in [0, 0.05) is 73.6 Å². The van der Waals surface area contributed by atoms with Crippen LogP contribution in [0.15, 0.2) is 12.4 Å². The highest BCUT2D eigenvalue weighted by molar-refractivity contribution is 5.83. The van der Waals surface area contributed by atoms with Gasteiger partial charge in [-0.1, -0.05) is 20.8 Å². The maximum atomic E-state index is 12.1. The van der Waals surface area contributed by atoms with Gasteiger partial charge in [0.25, 0.3) is 0 Å². The van der Waals surface area contributed by atoms with E-state index in [9.17, 15) is 4.79 Å². The molecule has 166 valence electrons. The molecule has 2 saturated heterocycles. The third kappa shape index (κ3) is 4.26. The summed E-state index contributed by atoms with van der Waals surface area (Å²) in [5.74, 6) is 1.75. The van der Waals surface area contributed by atoms with E-state index in [0.717, 1.165) is 44.0 Å². The topological polar surface area (TPSA) is 52.6 Å². The van der Waals surface area contributed by atoms with Gasteiger partial charge in [0.05, 0.1) is 0 Å². The predicted molar refractivity (Wildman–Crippen MR) is 120 cm³/mol. The molecule has 4 rings (SSSR count). The number of aromatic nitrogens is 2. The van der Waals surface area contributed by atoms with E-state index in [-0.39, 0.29) is 11.8 Å². The van der Waals surface area contributed by atoms with Crippen molar-refractivity contribution in [2.45, 2.75) is 90.5 Å². The second kappa shape index (κ2) is 8.91. The van der Waals surface area contributed by atoms with Crippen molar-refractivity contribution in [2.75, 3.05) is 25.0 Å². The molecule has 30 heavy (non-hydrogen) atoms. The Morgan fingerprint density at radius 3 is 2.27 bits per heavy atom. The van der Waals surface area contributed by atoms with Crippen molar-refractivity contribution in [1.82, 2.24) is 19.8 Å². The van der Waals surface area contributed by atoms with Crippen molar-refractivity contribution in [3.05, 3.63) is 18.0 Å². The number of anilines is 1. The average Bonchev–Trinajstić information content (AvgIpc) is 2.95. The van der Waals surface area contributed by atoms with Gasteiger partial charge in [-0.25, -0.2) is 9.97 Å². The summed E-state index contributed by atoms with van der Waals surface area (Å²) < 4.78 is 0. The van der Waals surface area contributed by atoms with Crippen LogP contribution in [0.25, 0.3) is 0 Å². The Kier molecular flexibility index (Phi) is 6.44. The summed E-state index contributed by atoms with van der Waals surface area (Å²) in [5.41, 5.74) is 1.16. The number of nitrogens with zero attached hydrogens (tertiary/aromatic N) is 5. The standard InChI is InChI=1S/C24H39N5O/c1-6-17(4)28-14-20-7-8-21(15-28)29(20)24-25-11-18(12-26-24)13-27(5)22-9-19(10-22)23(30)16(2)3/h11-12,16-17,19-22H,6-10,13-15H2,1-5H3. The lowest BCUT2D eigenvalue weighted by Crippen LogP contribution is -2.56. The molecule has 2 bridgehead atoms. The SMILES string of the molecule is CCC(C)N1CC2CCC(C1)N2c1ncc(CN(C)C2CC(C(=O)C(C)C)C2)cn1. The number of rotatable bonds is 8. The maximum absolute atomic E-state index is 12.1. The van der Waals surface area contributed by atoms with Crippen LogP contribution in [0.2, 0.25) is 0 Å². The molecular formula is C24H39N5O. The van der Waals surface area contributed by atoms with Crippen molar-refractivity contribution in [1.29, 1.82) is 0 Å². The first kappa shape index (κ1) is 21.7. The van der Waals surface area contributed by atoms with E-state index in [1.54, 1.807) is 0 Å². The minimum absolute atomic E-state index is 0.157. The molecule has 1 aliphatic carbocycles. The molecule has 1 aromatic rings. The van der Waals surface area contributed by atoms with Crippen LogP contribution in [0.4, 0.5) is 5.95 Å². The van der Waals surface area contributed by atoms with Crippen LogP contribution in [-0.2, 0) is 11.3 Å². The Hall–Kier alpha value is -1.53. The minimum atomic E-state index is 0.157. The molecule has 0 spiro atoms. The van der Waals surface area contributed by atoms with Gasteiger partial charge in [0.2, 0.25) is 5.95 Å². The van der Waals surface area contributed by atoms with Crippen LogP contribution < -0.4 is 4.90 Å². The van der Waals surface area contributed by atoms with E-state index in [1.807, 2.05) is 26.2 Å². The predicted octanol–water partition coefficient (Wildman–Crippen LogP) is 3.36. The van der Waals surface area contributed by atoms with Gasteiger partial charge in [0.1, 0.15) is 5.78 Å². The summed E-state index contributed by atoms with van der Waals surface area (Å²) in [7, 11) is 2.16. The summed E-state index contributed by atoms with van der Waals surface area (Å²) in [6, 6.07) is 2.27. The van der Waals surface area contributed by atoms with Gasteiger partial charge in [-0.05, 0) is 46.1 Å². The Labute approximate surface area is 182 Å². The highest BCUT2D eigenvalue weighted by Gasteiger charge is 2.42. The van der Waals surface area contributed by atoms with Gasteiger partial charge in [-0.15, -0.1) is 0 Å². The zero-order chi connectivity index (χ0) is 21.4. The molecular weight excluding hydrogens is 374 g/mol. The molecule has 1 saturated carbocycles. The number of hydrogen-bond acceptors (Lipinski definition) is 6. The van der Waals surface area contributed by atoms with E-state index < -0.39 is 0 Å². The largest absolute Gasteiger partial charge is 0.332 e. The third-order valence-corrected chi connectivity index (χ3v) is 7.79. The van der Waals surface area contributed by atoms with Crippen molar-refractivity contribution in [3.8, 4) is 0 Å². The molecule has 6 heteroatoms. The quantitative estimate of drug-likeness (QED) is 0.651. The number of ketones is 1. The van der Waals surface area contributed by atoms with Crippen molar-refractivity contribution in [2.24, 2.45) is 11.8 Å². The lowest BCUT2D eigenvalue weighted by atomic mass is 9.74. The summed E-state index contributed by atoms with van der Waals surface area (Å²) in [6.45, 7) is 11.8. The number of likely N-dealkylation sites (tertiary alicyclic amines) is 1. The van der Waals surface area contributed by atoms with Crippen LogP contribution in [0.1, 0.15) is 65.4 Å². The van der Waals surface area contributed by atoms with E-state index in [4.69, 9.17) is 9.97 Å². The van der Waals surface area contributed by atoms with Gasteiger partial charge in [-0.2, -0.15) is 0 Å². The fourth-order valence-electron chi connectivity index (χ4n) is 5.51. The molecule has 6 nitrogen and oxygen atoms in total. The molecule has 0 aromatic carbocycles. The number of carbonyl (C=O) groups excluding carboxylic acids is 1. The summed E-state index contributed by atoms with van der Waals surface area (Å²) in [6.07, 6.45) is 9.73. The van der Waals surface area contributed by atoms with E-state index in [0.29, 0.717) is 30.0 Å². The molecule has 0 radical (unpaired) electrons. The molecule has 0 amide bonds. The number of Topliss-reactive ketones (excluding diaryl/α,β-unsaturated/α-hetero) is 1. The summed E-state index contributed by atoms with van der Waals surface area (Å²) in [4.78, 5) is 29.2. The van der Waals surface area contributed by atoms with Crippen LogP contribution in [-0.4, -0.2) is 69.9 Å². The highest BCUT2D eigenvalue weighted by atomic mass is 16.1. The van der Waals surface area contributed by atoms with Gasteiger partial charge in [-0.3, -0.25) is 14.6 Å². The van der Waals surface area contributed by atoms with Crippen molar-refractivity contribution >= 4 is 11.7 Å². The molecule has 1 aromatic heterocycles. The van der Waals surface area contributed by atoms with E-state index >= 15 is 0 Å². The fraction of sp³-hybridized carbons (Fsp3) is 0.792. The first-order chi connectivity index (χ1) is 14.4. The monoisotopic (exact) mass is 413 g/mol. The minimum Gasteiger partial charge on any atom is -0.332 e. The zero-order valence-electron chi connectivity index (χ0n) is 19.4. The smallest absolute Gasteiger partial charge is 0.225 e. The lowest BCUT2D eigenvalue weighted by molar-refractivity contribution is -0.130. The molecule has 3 heterocycles. The van der Waals surface area contributed by atoms with Gasteiger partial charge in [0.15, 0.2) is 0 Å². The molecule has 3 unspecified atom stereocenters. The average molecular weight is 414 g/mol. The second-order valence-corrected chi connectivity index (χ2v) is 10.2. The summed E-state index contributed by atoms with van der Waals surface area (Å²) in [5, 5.41) is 0. The molecule has 3 aliphatic rings. The molecule has 3 fully saturated rings. The molecule has 0 N–H and O–H groups in total. The molecule has 2 aliphatic heterocycles. The van der Waals surface area contributed by atoms with Crippen LogP contribution in [0, 0.1) is 11.8 Å². The zero-order valence-corrected chi connectivity index (χ0v) is 19.4. The fourth-order valence-corrected chi connectivity index (χ4v) is 5.51. The van der Waals surface area contributed by atoms with Crippen LogP contribution >= 0.6 is 0 Å². The highest BCUT2D eigenvalue weighted by Crippen LogP contribution is 2.35. The Morgan fingerprint density at radius 1 is 1.13 bits per heavy atom. The normalized spacial score (nSPS) is 30.0. The number of hydrogen-bond donors (Lipinski definition) is 0. The van der Waals surface area contributed by atoms with Crippen LogP contribution in [0.3, 0.4) is 0 Å². The van der Waals surface area contributed by atoms with Crippen molar-refractivity contribution < 1.29 is 4.79 Å². The lowest BCUT2D eigenvalue weighted by Gasteiger charge is -2.43. The Morgan fingerprint density at radius 2 is 1.73 bits per heavy atom. The van der Waals surface area contributed by atoms with Gasteiger partial charge >= 0.3 is 0 Å². The molecule has 3 atom stereocenters. The number of piperazine rings is 1. The Balaban J connectivity index is 1.32. The van der Waals surface area contributed by atoms with Gasteiger partial charge < -0.3 is 4.90 Å². The van der Waals surface area contributed by atoms with Crippen LogP contribution in [0.5, 0.6) is 0 Å². The number of fused-ring (bicyclic) bond motifs is 2. The third-order valence-electron chi connectivity index (χ3n) is 7.79. The number of carbonyl (C=O) groups is 1. The summed E-state index contributed by atoms with van der Waals surface area (Å²) >= 11 is 0.